The predicted octanol–water partition coefficient (Wildman–Crippen LogP) is 3.48. The highest BCUT2D eigenvalue weighted by Gasteiger charge is 2.39. The fraction of sp³-hybridized carbons (Fsp3) is 0.333. The number of aliphatic carboxylic acids is 1. The summed E-state index contributed by atoms with van der Waals surface area (Å²) in [6.07, 6.45) is 0. The third kappa shape index (κ3) is 3.21. The van der Waals surface area contributed by atoms with E-state index in [1.807, 2.05) is 0 Å². The molecule has 20 heavy (non-hydrogen) atoms. The number of urea groups is 1. The highest BCUT2D eigenvalue weighted by Crippen LogP contribution is 2.31. The van der Waals surface area contributed by atoms with E-state index in [9.17, 15) is 9.59 Å². The maximum atomic E-state index is 12.3. The van der Waals surface area contributed by atoms with Crippen LogP contribution >= 0.6 is 39.3 Å². The Morgan fingerprint density at radius 3 is 2.90 bits per heavy atom. The average Bonchev–Trinajstić information content (AvgIpc) is 2.76. The van der Waals surface area contributed by atoms with Gasteiger partial charge in [0.1, 0.15) is 6.04 Å². The maximum Gasteiger partial charge on any atom is 0.327 e. The van der Waals surface area contributed by atoms with E-state index in [0.717, 1.165) is 0 Å². The van der Waals surface area contributed by atoms with Crippen LogP contribution in [0.15, 0.2) is 22.7 Å². The number of carboxylic acids is 1. The molecule has 0 spiro atoms. The molecular formula is C12H12BrClN2O3S. The van der Waals surface area contributed by atoms with Crippen LogP contribution in [0.5, 0.6) is 0 Å². The molecule has 2 rings (SSSR count). The third-order valence-corrected chi connectivity index (χ3v) is 5.06. The Balaban J connectivity index is 2.18. The number of halogens is 2. The van der Waals surface area contributed by atoms with E-state index in [-0.39, 0.29) is 5.37 Å². The Kier molecular flexibility index (Phi) is 4.82. The molecule has 1 aromatic rings. The Labute approximate surface area is 133 Å². The molecule has 2 unspecified atom stereocenters. The standard InChI is InChI=1S/C12H12BrClN2O3S/c1-6-16(10(5-20-6)11(17)18)12(19)15-9-4-7(14)2-3-8(9)13/h2-4,6,10H,5H2,1H3,(H,15,19)(H,17,18). The zero-order chi connectivity index (χ0) is 14.9. The minimum absolute atomic E-state index is 0.186. The number of nitrogens with one attached hydrogen (secondary N) is 1. The van der Waals surface area contributed by atoms with Gasteiger partial charge in [0.25, 0.3) is 0 Å². The van der Waals surface area contributed by atoms with Crippen LogP contribution in [0.4, 0.5) is 10.5 Å². The molecule has 1 heterocycles. The van der Waals surface area contributed by atoms with Crippen LogP contribution in [0, 0.1) is 0 Å². The molecule has 1 fully saturated rings. The predicted molar refractivity (Wildman–Crippen MR) is 83.4 cm³/mol. The molecule has 1 aliphatic rings. The Bertz CT molecular complexity index is 558. The molecule has 0 radical (unpaired) electrons. The monoisotopic (exact) mass is 378 g/mol. The number of hydrogen-bond donors (Lipinski definition) is 2. The summed E-state index contributed by atoms with van der Waals surface area (Å²) in [5.74, 6) is -0.608. The van der Waals surface area contributed by atoms with Crippen LogP contribution in [0.1, 0.15) is 6.92 Å². The van der Waals surface area contributed by atoms with Gasteiger partial charge in [-0.15, -0.1) is 11.8 Å². The van der Waals surface area contributed by atoms with E-state index in [4.69, 9.17) is 16.7 Å². The minimum Gasteiger partial charge on any atom is -0.480 e. The largest absolute Gasteiger partial charge is 0.480 e. The number of carbonyl (C=O) groups excluding carboxylic acids is 1. The lowest BCUT2D eigenvalue weighted by Gasteiger charge is -2.25. The number of rotatable bonds is 2. The van der Waals surface area contributed by atoms with E-state index in [1.54, 1.807) is 25.1 Å². The zero-order valence-electron chi connectivity index (χ0n) is 10.5. The van der Waals surface area contributed by atoms with E-state index < -0.39 is 18.0 Å². The molecule has 0 bridgehead atoms. The second-order valence-electron chi connectivity index (χ2n) is 4.25. The van der Waals surface area contributed by atoms with Crippen molar-refractivity contribution in [3.63, 3.8) is 0 Å². The van der Waals surface area contributed by atoms with Gasteiger partial charge < -0.3 is 10.4 Å². The Morgan fingerprint density at radius 1 is 1.55 bits per heavy atom. The van der Waals surface area contributed by atoms with Crippen molar-refractivity contribution in [2.24, 2.45) is 0 Å². The lowest BCUT2D eigenvalue weighted by Crippen LogP contribution is -2.46. The van der Waals surface area contributed by atoms with Gasteiger partial charge in [0, 0.05) is 15.2 Å². The zero-order valence-corrected chi connectivity index (χ0v) is 13.6. The molecule has 1 saturated heterocycles. The summed E-state index contributed by atoms with van der Waals surface area (Å²) in [5, 5.41) is 12.1. The van der Waals surface area contributed by atoms with Gasteiger partial charge in [0.2, 0.25) is 0 Å². The van der Waals surface area contributed by atoms with Crippen molar-refractivity contribution in [2.45, 2.75) is 18.3 Å². The first kappa shape index (κ1) is 15.5. The van der Waals surface area contributed by atoms with Crippen LogP contribution < -0.4 is 5.32 Å². The van der Waals surface area contributed by atoms with Gasteiger partial charge in [-0.25, -0.2) is 9.59 Å². The van der Waals surface area contributed by atoms with Crippen molar-refractivity contribution in [1.82, 2.24) is 4.90 Å². The SMILES string of the molecule is CC1SCC(C(=O)O)N1C(=O)Nc1cc(Cl)ccc1Br. The molecule has 2 atom stereocenters. The molecule has 8 heteroatoms. The lowest BCUT2D eigenvalue weighted by molar-refractivity contribution is -0.141. The molecule has 0 aromatic heterocycles. The van der Waals surface area contributed by atoms with Gasteiger partial charge in [0.15, 0.2) is 0 Å². The average molecular weight is 380 g/mol. The van der Waals surface area contributed by atoms with Gasteiger partial charge in [-0.3, -0.25) is 4.90 Å². The molecule has 2 N–H and O–H groups in total. The first-order chi connectivity index (χ1) is 9.40. The van der Waals surface area contributed by atoms with Crippen LogP contribution in [0.25, 0.3) is 0 Å². The third-order valence-electron chi connectivity index (χ3n) is 2.91. The number of anilines is 1. The fourth-order valence-electron chi connectivity index (χ4n) is 1.91. The normalized spacial score (nSPS) is 21.9. The summed E-state index contributed by atoms with van der Waals surface area (Å²) in [5.41, 5.74) is 0.510. The molecule has 1 aromatic carbocycles. The number of benzene rings is 1. The summed E-state index contributed by atoms with van der Waals surface area (Å²) in [4.78, 5) is 24.8. The van der Waals surface area contributed by atoms with E-state index in [0.29, 0.717) is 20.9 Å². The lowest BCUT2D eigenvalue weighted by atomic mass is 10.3. The van der Waals surface area contributed by atoms with Crippen molar-refractivity contribution in [1.29, 1.82) is 0 Å². The topological polar surface area (TPSA) is 69.6 Å². The Hall–Kier alpha value is -0.920. The highest BCUT2D eigenvalue weighted by atomic mass is 79.9. The smallest absolute Gasteiger partial charge is 0.327 e. The van der Waals surface area contributed by atoms with Gasteiger partial charge in [-0.1, -0.05) is 11.6 Å². The number of hydrogen-bond acceptors (Lipinski definition) is 3. The summed E-state index contributed by atoms with van der Waals surface area (Å²) < 4.78 is 0.682. The molecule has 1 aliphatic heterocycles. The van der Waals surface area contributed by atoms with Gasteiger partial charge in [-0.2, -0.15) is 0 Å². The van der Waals surface area contributed by atoms with Crippen LogP contribution in [0.3, 0.4) is 0 Å². The number of nitrogens with zero attached hydrogens (tertiary/aromatic N) is 1. The molecule has 108 valence electrons. The first-order valence-electron chi connectivity index (χ1n) is 5.79. The summed E-state index contributed by atoms with van der Waals surface area (Å²) in [6.45, 7) is 1.81. The first-order valence-corrected chi connectivity index (χ1v) is 8.01. The summed E-state index contributed by atoms with van der Waals surface area (Å²) >= 11 is 10.6. The van der Waals surface area contributed by atoms with Crippen LogP contribution in [-0.2, 0) is 4.79 Å². The fourth-order valence-corrected chi connectivity index (χ4v) is 3.60. The van der Waals surface area contributed by atoms with Crippen molar-refractivity contribution < 1.29 is 14.7 Å². The van der Waals surface area contributed by atoms with Crippen LogP contribution in [0.2, 0.25) is 5.02 Å². The van der Waals surface area contributed by atoms with E-state index in [2.05, 4.69) is 21.2 Å². The van der Waals surface area contributed by atoms with Crippen molar-refractivity contribution >= 4 is 57.0 Å². The van der Waals surface area contributed by atoms with Crippen molar-refractivity contribution in [3.8, 4) is 0 Å². The maximum absolute atomic E-state index is 12.3. The van der Waals surface area contributed by atoms with Gasteiger partial charge in [-0.05, 0) is 41.1 Å². The molecule has 0 aliphatic carbocycles. The number of carbonyl (C=O) groups is 2. The Morgan fingerprint density at radius 2 is 2.25 bits per heavy atom. The second kappa shape index (κ2) is 6.24. The van der Waals surface area contributed by atoms with E-state index >= 15 is 0 Å². The number of amides is 2. The molecule has 0 saturated carbocycles. The summed E-state index contributed by atoms with van der Waals surface area (Å²) in [7, 11) is 0. The number of carboxylic acid groups (broad SMARTS) is 1. The van der Waals surface area contributed by atoms with Gasteiger partial charge in [0.05, 0.1) is 11.1 Å². The second-order valence-corrected chi connectivity index (χ2v) is 6.89. The highest BCUT2D eigenvalue weighted by molar-refractivity contribution is 9.10. The van der Waals surface area contributed by atoms with Crippen molar-refractivity contribution in [2.75, 3.05) is 11.1 Å². The quantitative estimate of drug-likeness (QED) is 0.825. The molecule has 2 amide bonds. The van der Waals surface area contributed by atoms with Gasteiger partial charge >= 0.3 is 12.0 Å². The number of thioether (sulfide) groups is 1. The molecular weight excluding hydrogens is 368 g/mol. The van der Waals surface area contributed by atoms with E-state index in [1.165, 1.54) is 16.7 Å². The minimum atomic E-state index is -0.998. The van der Waals surface area contributed by atoms with Crippen LogP contribution in [-0.4, -0.2) is 39.2 Å². The van der Waals surface area contributed by atoms with Crippen molar-refractivity contribution in [3.05, 3.63) is 27.7 Å². The summed E-state index contributed by atoms with van der Waals surface area (Å²) in [6, 6.07) is 3.75. The molecule has 5 nitrogen and oxygen atoms in total.